The third-order valence-corrected chi connectivity index (χ3v) is 4.70. The molecule has 0 saturated carbocycles. The van der Waals surface area contributed by atoms with E-state index in [2.05, 4.69) is 0 Å². The number of benzene rings is 2. The van der Waals surface area contributed by atoms with Gasteiger partial charge in [-0.25, -0.2) is 0 Å². The highest BCUT2D eigenvalue weighted by molar-refractivity contribution is 5.82. The number of likely N-dealkylation sites (tertiary alicyclic amines) is 1. The molecule has 0 unspecified atom stereocenters. The van der Waals surface area contributed by atoms with Gasteiger partial charge < -0.3 is 9.64 Å². The summed E-state index contributed by atoms with van der Waals surface area (Å²) >= 11 is 0. The molecule has 1 aliphatic heterocycles. The highest BCUT2D eigenvalue weighted by Crippen LogP contribution is 2.27. The van der Waals surface area contributed by atoms with Crippen molar-refractivity contribution in [2.75, 3.05) is 13.1 Å². The molecule has 0 aromatic heterocycles. The standard InChI is InChI=1S/C21H24N2O2/c1-16(22)23-14-12-19(13-15-23)25-21(24)20(17-8-4-2-5-9-17)18-10-6-3-7-11-18/h2-11,19-20,22H,12-15H2,1H3. The van der Waals surface area contributed by atoms with Gasteiger partial charge in [0.05, 0.1) is 5.84 Å². The molecular weight excluding hydrogens is 312 g/mol. The molecule has 4 heteroatoms. The van der Waals surface area contributed by atoms with E-state index in [1.165, 1.54) is 0 Å². The van der Waals surface area contributed by atoms with E-state index >= 15 is 0 Å². The van der Waals surface area contributed by atoms with Gasteiger partial charge in [0, 0.05) is 25.9 Å². The van der Waals surface area contributed by atoms with Crippen LogP contribution in [-0.4, -0.2) is 35.9 Å². The maximum Gasteiger partial charge on any atom is 0.318 e. The minimum atomic E-state index is -0.398. The van der Waals surface area contributed by atoms with Crippen LogP contribution in [0.15, 0.2) is 60.7 Å². The van der Waals surface area contributed by atoms with Crippen LogP contribution in [0.5, 0.6) is 0 Å². The Morgan fingerprint density at radius 3 is 1.92 bits per heavy atom. The summed E-state index contributed by atoms with van der Waals surface area (Å²) in [5, 5.41) is 7.71. The number of ether oxygens (including phenoxy) is 1. The molecule has 25 heavy (non-hydrogen) atoms. The molecule has 1 N–H and O–H groups in total. The Kier molecular flexibility index (Phi) is 5.49. The van der Waals surface area contributed by atoms with E-state index in [1.54, 1.807) is 6.92 Å². The Morgan fingerprint density at radius 1 is 1.00 bits per heavy atom. The maximum absolute atomic E-state index is 12.9. The van der Waals surface area contributed by atoms with Gasteiger partial charge in [0.1, 0.15) is 12.0 Å². The van der Waals surface area contributed by atoms with E-state index in [0.717, 1.165) is 37.1 Å². The third-order valence-electron chi connectivity index (χ3n) is 4.70. The largest absolute Gasteiger partial charge is 0.462 e. The topological polar surface area (TPSA) is 53.4 Å². The first-order valence-corrected chi connectivity index (χ1v) is 8.75. The number of carbonyl (C=O) groups is 1. The Bertz CT molecular complexity index is 668. The maximum atomic E-state index is 12.9. The Morgan fingerprint density at radius 2 is 1.48 bits per heavy atom. The monoisotopic (exact) mass is 336 g/mol. The van der Waals surface area contributed by atoms with Gasteiger partial charge in [-0.1, -0.05) is 60.7 Å². The molecule has 2 aromatic carbocycles. The van der Waals surface area contributed by atoms with Crippen LogP contribution >= 0.6 is 0 Å². The van der Waals surface area contributed by atoms with Crippen molar-refractivity contribution < 1.29 is 9.53 Å². The average Bonchev–Trinajstić information content (AvgIpc) is 2.64. The summed E-state index contributed by atoms with van der Waals surface area (Å²) < 4.78 is 5.85. The van der Waals surface area contributed by atoms with Crippen molar-refractivity contribution in [3.63, 3.8) is 0 Å². The van der Waals surface area contributed by atoms with Crippen molar-refractivity contribution in [3.8, 4) is 0 Å². The number of esters is 1. The van der Waals surface area contributed by atoms with Crippen LogP contribution in [0.4, 0.5) is 0 Å². The van der Waals surface area contributed by atoms with E-state index in [0.29, 0.717) is 5.84 Å². The Labute approximate surface area is 148 Å². The first kappa shape index (κ1) is 17.2. The van der Waals surface area contributed by atoms with E-state index < -0.39 is 5.92 Å². The van der Waals surface area contributed by atoms with Crippen molar-refractivity contribution in [2.24, 2.45) is 0 Å². The Hall–Kier alpha value is -2.62. The van der Waals surface area contributed by atoms with Gasteiger partial charge in [-0.2, -0.15) is 0 Å². The molecule has 3 rings (SSSR count). The molecular formula is C21H24N2O2. The molecule has 0 atom stereocenters. The van der Waals surface area contributed by atoms with Crippen LogP contribution < -0.4 is 0 Å². The second kappa shape index (κ2) is 7.97. The van der Waals surface area contributed by atoms with Crippen molar-refractivity contribution >= 4 is 11.8 Å². The molecule has 0 spiro atoms. The van der Waals surface area contributed by atoms with Crippen molar-refractivity contribution in [2.45, 2.75) is 31.8 Å². The first-order valence-electron chi connectivity index (χ1n) is 8.75. The fraction of sp³-hybridized carbons (Fsp3) is 0.333. The van der Waals surface area contributed by atoms with Gasteiger partial charge in [-0.3, -0.25) is 10.2 Å². The molecule has 0 aliphatic carbocycles. The van der Waals surface area contributed by atoms with E-state index in [4.69, 9.17) is 10.1 Å². The summed E-state index contributed by atoms with van der Waals surface area (Å²) in [7, 11) is 0. The number of nitrogens with zero attached hydrogens (tertiary/aromatic N) is 1. The summed E-state index contributed by atoms with van der Waals surface area (Å²) in [6, 6.07) is 19.6. The Balaban J connectivity index is 1.74. The van der Waals surface area contributed by atoms with Crippen molar-refractivity contribution in [1.82, 2.24) is 4.90 Å². The lowest BCUT2D eigenvalue weighted by atomic mass is 9.91. The predicted octanol–water partition coefficient (Wildman–Crippen LogP) is 3.82. The number of piperidine rings is 1. The fourth-order valence-electron chi connectivity index (χ4n) is 3.30. The van der Waals surface area contributed by atoms with Gasteiger partial charge in [0.2, 0.25) is 0 Å². The van der Waals surface area contributed by atoms with E-state index in [-0.39, 0.29) is 12.1 Å². The smallest absolute Gasteiger partial charge is 0.318 e. The van der Waals surface area contributed by atoms with Crippen LogP contribution in [0.1, 0.15) is 36.8 Å². The second-order valence-electron chi connectivity index (χ2n) is 6.46. The van der Waals surface area contributed by atoms with Crippen LogP contribution in [0.25, 0.3) is 0 Å². The minimum Gasteiger partial charge on any atom is -0.462 e. The number of nitrogens with one attached hydrogen (secondary N) is 1. The highest BCUT2D eigenvalue weighted by Gasteiger charge is 2.28. The van der Waals surface area contributed by atoms with Crippen LogP contribution in [0.3, 0.4) is 0 Å². The molecule has 1 saturated heterocycles. The van der Waals surface area contributed by atoms with Crippen LogP contribution in [0.2, 0.25) is 0 Å². The van der Waals surface area contributed by atoms with E-state index in [9.17, 15) is 4.79 Å². The molecule has 0 radical (unpaired) electrons. The summed E-state index contributed by atoms with van der Waals surface area (Å²) in [4.78, 5) is 15.0. The zero-order valence-corrected chi connectivity index (χ0v) is 14.5. The lowest BCUT2D eigenvalue weighted by molar-refractivity contribution is -0.151. The molecule has 2 aromatic rings. The molecule has 4 nitrogen and oxygen atoms in total. The van der Waals surface area contributed by atoms with Crippen LogP contribution in [-0.2, 0) is 9.53 Å². The molecule has 0 amide bonds. The highest BCUT2D eigenvalue weighted by atomic mass is 16.5. The number of hydrogen-bond donors (Lipinski definition) is 1. The number of rotatable bonds is 4. The van der Waals surface area contributed by atoms with Gasteiger partial charge in [-0.15, -0.1) is 0 Å². The van der Waals surface area contributed by atoms with Gasteiger partial charge >= 0.3 is 5.97 Å². The van der Waals surface area contributed by atoms with Gasteiger partial charge in [0.15, 0.2) is 0 Å². The van der Waals surface area contributed by atoms with Crippen molar-refractivity contribution in [1.29, 1.82) is 5.41 Å². The summed E-state index contributed by atoms with van der Waals surface area (Å²) in [5.74, 6) is -0.0106. The normalized spacial score (nSPS) is 15.2. The van der Waals surface area contributed by atoms with Gasteiger partial charge in [0.25, 0.3) is 0 Å². The molecule has 130 valence electrons. The zero-order chi connectivity index (χ0) is 17.6. The minimum absolute atomic E-state index is 0.0713. The van der Waals surface area contributed by atoms with Crippen LogP contribution in [0, 0.1) is 5.41 Å². The quantitative estimate of drug-likeness (QED) is 0.524. The summed E-state index contributed by atoms with van der Waals surface area (Å²) in [6.07, 6.45) is 1.48. The SMILES string of the molecule is CC(=N)N1CCC(OC(=O)C(c2ccccc2)c2ccccc2)CC1. The third kappa shape index (κ3) is 4.27. The molecule has 1 heterocycles. The second-order valence-corrected chi connectivity index (χ2v) is 6.46. The first-order chi connectivity index (χ1) is 12.1. The molecule has 1 aliphatic rings. The summed E-state index contributed by atoms with van der Waals surface area (Å²) in [5.41, 5.74) is 1.90. The van der Waals surface area contributed by atoms with Crippen molar-refractivity contribution in [3.05, 3.63) is 71.8 Å². The zero-order valence-electron chi connectivity index (χ0n) is 14.5. The lowest BCUT2D eigenvalue weighted by Crippen LogP contribution is -2.40. The number of carbonyl (C=O) groups excluding carboxylic acids is 1. The fourth-order valence-corrected chi connectivity index (χ4v) is 3.30. The predicted molar refractivity (Wildman–Crippen MR) is 98.8 cm³/mol. The van der Waals surface area contributed by atoms with E-state index in [1.807, 2.05) is 65.6 Å². The molecule has 1 fully saturated rings. The molecule has 0 bridgehead atoms. The number of hydrogen-bond acceptors (Lipinski definition) is 3. The lowest BCUT2D eigenvalue weighted by Gasteiger charge is -2.33. The summed E-state index contributed by atoms with van der Waals surface area (Å²) in [6.45, 7) is 3.34. The average molecular weight is 336 g/mol. The number of amidine groups is 1. The van der Waals surface area contributed by atoms with Gasteiger partial charge in [-0.05, 0) is 18.1 Å².